The summed E-state index contributed by atoms with van der Waals surface area (Å²) in [7, 11) is 0. The fourth-order valence-electron chi connectivity index (χ4n) is 2.44. The number of ether oxygens (including phenoxy) is 2. The number of carbonyl (C=O) groups is 2. The van der Waals surface area contributed by atoms with E-state index in [1.165, 1.54) is 12.3 Å². The van der Waals surface area contributed by atoms with Crippen LogP contribution in [0.2, 0.25) is 0 Å². The van der Waals surface area contributed by atoms with Crippen molar-refractivity contribution in [3.05, 3.63) is 24.1 Å². The lowest BCUT2D eigenvalue weighted by Crippen LogP contribution is -2.63. The Morgan fingerprint density at radius 1 is 1.16 bits per heavy atom. The Labute approximate surface area is 170 Å². The zero-order valence-electron chi connectivity index (χ0n) is 15.5. The molecule has 3 heterocycles. The molecule has 0 aromatic carbocycles. The summed E-state index contributed by atoms with van der Waals surface area (Å²) >= 11 is 0. The van der Waals surface area contributed by atoms with Crippen LogP contribution in [0, 0.1) is 11.7 Å². The van der Waals surface area contributed by atoms with E-state index in [2.05, 4.69) is 10.3 Å². The number of pyridine rings is 1. The summed E-state index contributed by atoms with van der Waals surface area (Å²) in [5.74, 6) is -5.51. The van der Waals surface area contributed by atoms with Gasteiger partial charge in [0.15, 0.2) is 5.82 Å². The lowest BCUT2D eigenvalue weighted by Gasteiger charge is -2.42. The Kier molecular flexibility index (Phi) is 8.98. The van der Waals surface area contributed by atoms with E-state index in [1.807, 2.05) is 0 Å². The molecule has 0 aliphatic carbocycles. The number of carboxylic acid groups (broad SMARTS) is 2. The molecule has 2 aliphatic rings. The lowest BCUT2D eigenvalue weighted by atomic mass is 9.83. The second-order valence-corrected chi connectivity index (χ2v) is 6.21. The van der Waals surface area contributed by atoms with Gasteiger partial charge in [0.2, 0.25) is 5.88 Å². The van der Waals surface area contributed by atoms with E-state index in [0.717, 1.165) is 26.1 Å². The summed E-state index contributed by atoms with van der Waals surface area (Å²) in [5, 5.41) is 17.5. The number of hydrogen-bond acceptors (Lipinski definition) is 6. The van der Waals surface area contributed by atoms with Crippen LogP contribution in [0.4, 0.5) is 30.7 Å². The summed E-state index contributed by atoms with van der Waals surface area (Å²) in [6, 6.07) is 2.91. The molecule has 1 unspecified atom stereocenters. The number of alkyl halides is 6. The summed E-state index contributed by atoms with van der Waals surface area (Å²) in [6.45, 7) is 2.97. The number of rotatable bonds is 3. The van der Waals surface area contributed by atoms with Gasteiger partial charge >= 0.3 is 24.3 Å². The Hall–Kier alpha value is -2.68. The molecule has 8 nitrogen and oxygen atoms in total. The maximum absolute atomic E-state index is 13.3. The first kappa shape index (κ1) is 26.4. The average molecular weight is 466 g/mol. The molecule has 0 saturated carbocycles. The van der Waals surface area contributed by atoms with Crippen molar-refractivity contribution in [2.24, 2.45) is 5.92 Å². The highest BCUT2D eigenvalue weighted by Gasteiger charge is 2.49. The van der Waals surface area contributed by atoms with Gasteiger partial charge in [-0.25, -0.2) is 19.0 Å². The quantitative estimate of drug-likeness (QED) is 0.581. The van der Waals surface area contributed by atoms with E-state index in [4.69, 9.17) is 29.3 Å². The van der Waals surface area contributed by atoms with Crippen LogP contribution in [0.15, 0.2) is 18.3 Å². The largest absolute Gasteiger partial charge is 0.490 e. The van der Waals surface area contributed by atoms with E-state index in [1.54, 1.807) is 6.07 Å². The van der Waals surface area contributed by atoms with Crippen LogP contribution in [0.1, 0.15) is 6.42 Å². The zero-order valence-corrected chi connectivity index (χ0v) is 15.5. The van der Waals surface area contributed by atoms with Crippen molar-refractivity contribution in [1.29, 1.82) is 0 Å². The topological polar surface area (TPSA) is 118 Å². The number of hydrogen-bond donors (Lipinski definition) is 3. The third-order valence-corrected chi connectivity index (χ3v) is 4.08. The molecule has 1 spiro atoms. The summed E-state index contributed by atoms with van der Waals surface area (Å²) in [6.07, 6.45) is -7.67. The Bertz CT molecular complexity index is 729. The molecule has 1 atom stereocenters. The Morgan fingerprint density at radius 2 is 1.68 bits per heavy atom. The van der Waals surface area contributed by atoms with E-state index in [-0.39, 0.29) is 11.5 Å². The minimum atomic E-state index is -5.08. The Balaban J connectivity index is 0.000000288. The second kappa shape index (κ2) is 10.6. The maximum Gasteiger partial charge on any atom is 0.490 e. The number of aromatic nitrogens is 1. The fraction of sp³-hybridized carbons (Fsp3) is 0.562. The van der Waals surface area contributed by atoms with Gasteiger partial charge in [-0.1, -0.05) is 0 Å². The monoisotopic (exact) mass is 466 g/mol. The van der Waals surface area contributed by atoms with Gasteiger partial charge < -0.3 is 25.0 Å². The van der Waals surface area contributed by atoms with Crippen molar-refractivity contribution in [3.63, 3.8) is 0 Å². The number of nitrogens with one attached hydrogen (secondary N) is 1. The minimum Gasteiger partial charge on any atom is -0.475 e. The molecule has 0 radical (unpaired) electrons. The van der Waals surface area contributed by atoms with Gasteiger partial charge in [0, 0.05) is 31.8 Å². The highest BCUT2D eigenvalue weighted by atomic mass is 19.4. The molecule has 15 heteroatoms. The van der Waals surface area contributed by atoms with Gasteiger partial charge in [0.1, 0.15) is 0 Å². The van der Waals surface area contributed by atoms with E-state index >= 15 is 0 Å². The molecule has 176 valence electrons. The maximum atomic E-state index is 13.3. The predicted molar refractivity (Wildman–Crippen MR) is 86.7 cm³/mol. The third kappa shape index (κ3) is 8.16. The van der Waals surface area contributed by atoms with Crippen molar-refractivity contribution >= 4 is 11.9 Å². The van der Waals surface area contributed by atoms with Gasteiger partial charge in [-0.2, -0.15) is 26.3 Å². The first-order chi connectivity index (χ1) is 14.2. The van der Waals surface area contributed by atoms with Gasteiger partial charge in [0.05, 0.1) is 12.2 Å². The Morgan fingerprint density at radius 3 is 2.06 bits per heavy atom. The fourth-order valence-corrected chi connectivity index (χ4v) is 2.44. The molecule has 2 fully saturated rings. The minimum absolute atomic E-state index is 0.0781. The molecule has 3 rings (SSSR count). The van der Waals surface area contributed by atoms with Crippen molar-refractivity contribution in [2.75, 3.05) is 26.3 Å². The van der Waals surface area contributed by atoms with Crippen molar-refractivity contribution < 1.29 is 60.0 Å². The molecular formula is C16H17F7N2O6. The number of carboxylic acids is 2. The van der Waals surface area contributed by atoms with Crippen molar-refractivity contribution in [3.8, 4) is 5.88 Å². The molecule has 2 aliphatic heterocycles. The highest BCUT2D eigenvalue weighted by molar-refractivity contribution is 5.73. The van der Waals surface area contributed by atoms with E-state index < -0.39 is 30.1 Å². The first-order valence-electron chi connectivity index (χ1n) is 8.37. The van der Waals surface area contributed by atoms with Gasteiger partial charge in [-0.3, -0.25) is 0 Å². The van der Waals surface area contributed by atoms with Crippen LogP contribution < -0.4 is 10.1 Å². The number of halogens is 7. The molecule has 31 heavy (non-hydrogen) atoms. The lowest BCUT2D eigenvalue weighted by molar-refractivity contribution is -0.193. The molecule has 0 bridgehead atoms. The van der Waals surface area contributed by atoms with Crippen LogP contribution in [-0.2, 0) is 14.3 Å². The number of aliphatic carboxylic acids is 2. The number of nitrogens with zero attached hydrogens (tertiary/aromatic N) is 1. The van der Waals surface area contributed by atoms with Crippen LogP contribution in [0.25, 0.3) is 0 Å². The molecular weight excluding hydrogens is 449 g/mol. The molecule has 1 aromatic rings. The highest BCUT2D eigenvalue weighted by Crippen LogP contribution is 2.35. The third-order valence-electron chi connectivity index (χ3n) is 4.08. The normalized spacial score (nSPS) is 19.3. The van der Waals surface area contributed by atoms with E-state index in [0.29, 0.717) is 12.5 Å². The van der Waals surface area contributed by atoms with Crippen LogP contribution in [0.5, 0.6) is 5.88 Å². The SMILES string of the molecule is Fc1cccnc1OCC1CCOC12CNC2.O=C(O)C(F)(F)F.O=C(O)C(F)(F)F. The van der Waals surface area contributed by atoms with Crippen LogP contribution in [-0.4, -0.2) is 71.4 Å². The summed E-state index contributed by atoms with van der Waals surface area (Å²) in [5.41, 5.74) is -0.0781. The van der Waals surface area contributed by atoms with E-state index in [9.17, 15) is 30.7 Å². The van der Waals surface area contributed by atoms with Crippen LogP contribution >= 0.6 is 0 Å². The smallest absolute Gasteiger partial charge is 0.475 e. The summed E-state index contributed by atoms with van der Waals surface area (Å²) < 4.78 is 88.0. The van der Waals surface area contributed by atoms with Gasteiger partial charge in [0.25, 0.3) is 0 Å². The average Bonchev–Trinajstić information content (AvgIpc) is 3.05. The molecule has 2 saturated heterocycles. The standard InChI is InChI=1S/C12H15FN2O2.2C2HF3O2/c13-10-2-1-4-15-11(10)16-6-9-3-5-17-12(9)7-14-8-12;2*3-2(4,5)1(6)7/h1-2,4,9,14H,3,5-8H2;2*(H,6,7). The molecule has 0 amide bonds. The zero-order chi connectivity index (χ0) is 23.9. The van der Waals surface area contributed by atoms with Crippen molar-refractivity contribution in [2.45, 2.75) is 24.4 Å². The van der Waals surface area contributed by atoms with Gasteiger partial charge in [-0.15, -0.1) is 0 Å². The van der Waals surface area contributed by atoms with Gasteiger partial charge in [-0.05, 0) is 18.6 Å². The first-order valence-corrected chi connectivity index (χ1v) is 8.37. The molecule has 3 N–H and O–H groups in total. The molecule has 1 aromatic heterocycles. The van der Waals surface area contributed by atoms with Crippen molar-refractivity contribution in [1.82, 2.24) is 10.3 Å². The second-order valence-electron chi connectivity index (χ2n) is 6.21. The summed E-state index contributed by atoms with van der Waals surface area (Å²) in [4.78, 5) is 21.7. The predicted octanol–water partition coefficient (Wildman–Crippen LogP) is 2.24. The van der Waals surface area contributed by atoms with Crippen LogP contribution in [0.3, 0.4) is 0 Å².